The summed E-state index contributed by atoms with van der Waals surface area (Å²) in [5, 5.41) is 0.675. The highest BCUT2D eigenvalue weighted by atomic mass is 35.5. The largest absolute Gasteiger partial charge is 0.337 e. The average Bonchev–Trinajstić information content (AvgIpc) is 2.79. The third kappa shape index (κ3) is 2.26. The van der Waals surface area contributed by atoms with Crippen molar-refractivity contribution in [3.8, 4) is 0 Å². The number of hydrogen-bond acceptors (Lipinski definition) is 2. The van der Waals surface area contributed by atoms with E-state index in [0.29, 0.717) is 5.02 Å². The fourth-order valence-corrected chi connectivity index (χ4v) is 1.91. The number of hydrogen-bond donors (Lipinski definition) is 1. The van der Waals surface area contributed by atoms with Crippen molar-refractivity contribution in [3.63, 3.8) is 0 Å². The molecule has 0 saturated carbocycles. The molecule has 4 heteroatoms. The van der Waals surface area contributed by atoms with Gasteiger partial charge in [-0.1, -0.05) is 29.8 Å². The highest BCUT2D eigenvalue weighted by molar-refractivity contribution is 6.30. The zero-order valence-corrected chi connectivity index (χ0v) is 10.2. The fraction of sp³-hybridized carbons (Fsp3) is 0. The van der Waals surface area contributed by atoms with Crippen molar-refractivity contribution >= 4 is 34.5 Å². The summed E-state index contributed by atoms with van der Waals surface area (Å²) >= 11 is 5.89. The van der Waals surface area contributed by atoms with Crippen molar-refractivity contribution in [3.05, 3.63) is 59.4 Å². The maximum atomic E-state index is 5.89. The first-order valence-corrected chi connectivity index (χ1v) is 5.93. The van der Waals surface area contributed by atoms with Crippen LogP contribution in [0.5, 0.6) is 0 Å². The molecule has 1 heterocycles. The molecule has 3 nitrogen and oxygen atoms in total. The molecule has 0 aliphatic rings. The summed E-state index contributed by atoms with van der Waals surface area (Å²) in [6.45, 7) is 0. The highest BCUT2D eigenvalue weighted by Gasteiger charge is 1.98. The molecule has 3 rings (SSSR count). The van der Waals surface area contributed by atoms with E-state index in [9.17, 15) is 0 Å². The van der Waals surface area contributed by atoms with Crippen LogP contribution >= 0.6 is 11.6 Å². The van der Waals surface area contributed by atoms with Crippen LogP contribution in [0.15, 0.2) is 53.5 Å². The minimum atomic E-state index is 0.675. The van der Waals surface area contributed by atoms with Crippen molar-refractivity contribution < 1.29 is 0 Å². The smallest absolute Gasteiger partial charge is 0.149 e. The summed E-state index contributed by atoms with van der Waals surface area (Å²) < 4.78 is 0. The van der Waals surface area contributed by atoms with Crippen LogP contribution in [0.3, 0.4) is 0 Å². The van der Waals surface area contributed by atoms with E-state index in [2.05, 4.69) is 15.0 Å². The molecule has 0 radical (unpaired) electrons. The fourth-order valence-electron chi connectivity index (χ4n) is 1.73. The summed E-state index contributed by atoms with van der Waals surface area (Å²) in [5.41, 5.74) is 2.75. The maximum Gasteiger partial charge on any atom is 0.149 e. The van der Waals surface area contributed by atoms with E-state index in [1.807, 2.05) is 42.5 Å². The van der Waals surface area contributed by atoms with Crippen LogP contribution < -0.4 is 0 Å². The van der Waals surface area contributed by atoms with Gasteiger partial charge in [0, 0.05) is 5.02 Å². The maximum absolute atomic E-state index is 5.89. The second kappa shape index (κ2) is 4.63. The van der Waals surface area contributed by atoms with Crippen molar-refractivity contribution in [2.24, 2.45) is 4.99 Å². The summed E-state index contributed by atoms with van der Waals surface area (Å²) in [6, 6.07) is 15.3. The third-order valence-corrected chi connectivity index (χ3v) is 2.79. The molecule has 0 fully saturated rings. The van der Waals surface area contributed by atoms with Gasteiger partial charge in [-0.15, -0.1) is 0 Å². The van der Waals surface area contributed by atoms with E-state index >= 15 is 0 Å². The average molecular weight is 256 g/mol. The summed E-state index contributed by atoms with van der Waals surface area (Å²) in [4.78, 5) is 11.9. The Labute approximate surface area is 109 Å². The lowest BCUT2D eigenvalue weighted by molar-refractivity contribution is 1.30. The number of aromatic amines is 1. The molecule has 0 unspecified atom stereocenters. The third-order valence-electron chi connectivity index (χ3n) is 2.55. The molecular weight excluding hydrogens is 246 g/mol. The summed E-state index contributed by atoms with van der Waals surface area (Å²) in [6.07, 6.45) is 1.70. The molecule has 0 aliphatic heterocycles. The molecule has 0 spiro atoms. The Balaban J connectivity index is 1.92. The molecule has 1 aromatic heterocycles. The van der Waals surface area contributed by atoms with Crippen LogP contribution in [0.2, 0.25) is 5.02 Å². The van der Waals surface area contributed by atoms with Crippen molar-refractivity contribution in [2.75, 3.05) is 0 Å². The molecule has 0 aliphatic carbocycles. The van der Waals surface area contributed by atoms with E-state index in [0.717, 1.165) is 22.5 Å². The molecule has 1 N–H and O–H groups in total. The first-order chi connectivity index (χ1) is 8.81. The van der Waals surface area contributed by atoms with E-state index in [1.54, 1.807) is 12.3 Å². The Morgan fingerprint density at radius 3 is 2.83 bits per heavy atom. The summed E-state index contributed by atoms with van der Waals surface area (Å²) in [7, 11) is 0. The van der Waals surface area contributed by atoms with E-state index in [-0.39, 0.29) is 0 Å². The molecule has 2 aromatic carbocycles. The Hall–Kier alpha value is -2.13. The van der Waals surface area contributed by atoms with Gasteiger partial charge >= 0.3 is 0 Å². The Kier molecular flexibility index (Phi) is 2.82. The molecule has 0 saturated heterocycles. The SMILES string of the molecule is Clc1cccc(N=Cc2nc3ccccc3[nH]2)c1. The van der Waals surface area contributed by atoms with Crippen LogP contribution in [-0.2, 0) is 0 Å². The van der Waals surface area contributed by atoms with Crippen molar-refractivity contribution in [1.29, 1.82) is 0 Å². The minimum Gasteiger partial charge on any atom is -0.337 e. The lowest BCUT2D eigenvalue weighted by Gasteiger charge is -1.92. The number of nitrogens with one attached hydrogen (secondary N) is 1. The molecular formula is C14H10ClN3. The lowest BCUT2D eigenvalue weighted by Crippen LogP contribution is -1.82. The quantitative estimate of drug-likeness (QED) is 0.692. The zero-order chi connectivity index (χ0) is 12.4. The zero-order valence-electron chi connectivity index (χ0n) is 9.47. The van der Waals surface area contributed by atoms with Crippen LogP contribution in [0, 0.1) is 0 Å². The summed E-state index contributed by atoms with van der Waals surface area (Å²) in [5.74, 6) is 0.733. The number of benzene rings is 2. The molecule has 88 valence electrons. The predicted octanol–water partition coefficient (Wildman–Crippen LogP) is 3.97. The normalized spacial score (nSPS) is 11.4. The first-order valence-electron chi connectivity index (χ1n) is 5.56. The number of aromatic nitrogens is 2. The van der Waals surface area contributed by atoms with Gasteiger partial charge in [-0.05, 0) is 30.3 Å². The van der Waals surface area contributed by atoms with Gasteiger partial charge in [-0.25, -0.2) is 4.98 Å². The molecule has 0 amide bonds. The molecule has 18 heavy (non-hydrogen) atoms. The van der Waals surface area contributed by atoms with Crippen molar-refractivity contribution in [1.82, 2.24) is 9.97 Å². The van der Waals surface area contributed by atoms with Gasteiger partial charge in [0.1, 0.15) is 5.82 Å². The van der Waals surface area contributed by atoms with Gasteiger partial charge in [-0.2, -0.15) is 0 Å². The first kappa shape index (κ1) is 11.0. The van der Waals surface area contributed by atoms with Gasteiger partial charge in [0.25, 0.3) is 0 Å². The second-order valence-corrected chi connectivity index (χ2v) is 4.31. The topological polar surface area (TPSA) is 41.0 Å². The van der Waals surface area contributed by atoms with Gasteiger partial charge in [0.05, 0.1) is 22.9 Å². The van der Waals surface area contributed by atoms with Gasteiger partial charge in [-0.3, -0.25) is 4.99 Å². The number of nitrogens with zero attached hydrogens (tertiary/aromatic N) is 2. The standard InChI is InChI=1S/C14H10ClN3/c15-10-4-3-5-11(8-10)16-9-14-17-12-6-1-2-7-13(12)18-14/h1-9H,(H,17,18). The molecule has 0 bridgehead atoms. The number of fused-ring (bicyclic) bond motifs is 1. The number of aliphatic imine (C=N–C) groups is 1. The number of rotatable bonds is 2. The highest BCUT2D eigenvalue weighted by Crippen LogP contribution is 2.17. The Bertz CT molecular complexity index is 683. The Morgan fingerprint density at radius 2 is 2.00 bits per heavy atom. The van der Waals surface area contributed by atoms with Gasteiger partial charge in [0.15, 0.2) is 0 Å². The predicted molar refractivity (Wildman–Crippen MR) is 74.8 cm³/mol. The minimum absolute atomic E-state index is 0.675. The lowest BCUT2D eigenvalue weighted by atomic mass is 10.3. The van der Waals surface area contributed by atoms with E-state index in [4.69, 9.17) is 11.6 Å². The van der Waals surface area contributed by atoms with Gasteiger partial charge < -0.3 is 4.98 Å². The van der Waals surface area contributed by atoms with Crippen LogP contribution in [-0.4, -0.2) is 16.2 Å². The van der Waals surface area contributed by atoms with E-state index in [1.165, 1.54) is 0 Å². The van der Waals surface area contributed by atoms with Crippen LogP contribution in [0.4, 0.5) is 5.69 Å². The second-order valence-electron chi connectivity index (χ2n) is 3.88. The number of para-hydroxylation sites is 2. The van der Waals surface area contributed by atoms with E-state index < -0.39 is 0 Å². The Morgan fingerprint density at radius 1 is 1.11 bits per heavy atom. The van der Waals surface area contributed by atoms with Crippen LogP contribution in [0.25, 0.3) is 11.0 Å². The monoisotopic (exact) mass is 255 g/mol. The van der Waals surface area contributed by atoms with Crippen molar-refractivity contribution in [2.45, 2.75) is 0 Å². The van der Waals surface area contributed by atoms with Crippen LogP contribution in [0.1, 0.15) is 5.82 Å². The number of halogens is 1. The number of imidazole rings is 1. The number of H-pyrrole nitrogens is 1. The molecule has 0 atom stereocenters. The molecule has 3 aromatic rings. The van der Waals surface area contributed by atoms with Gasteiger partial charge in [0.2, 0.25) is 0 Å².